The molecule has 126 valence electrons. The first-order valence-electron chi connectivity index (χ1n) is 6.90. The third-order valence-corrected chi connectivity index (χ3v) is 2.72. The molecule has 1 aromatic carbocycles. The lowest BCUT2D eigenvalue weighted by molar-refractivity contribution is -0.147. The summed E-state index contributed by atoms with van der Waals surface area (Å²) in [5, 5.41) is 4.91. The summed E-state index contributed by atoms with van der Waals surface area (Å²) in [6.45, 7) is -0.0330. The summed E-state index contributed by atoms with van der Waals surface area (Å²) in [5.41, 5.74) is 0.356. The molecule has 0 saturated heterocycles. The Morgan fingerprint density at radius 3 is 2.61 bits per heavy atom. The van der Waals surface area contributed by atoms with Crippen molar-refractivity contribution < 1.29 is 28.6 Å². The van der Waals surface area contributed by atoms with Crippen molar-refractivity contribution in [1.82, 2.24) is 10.6 Å². The molecule has 0 aliphatic rings. The zero-order chi connectivity index (χ0) is 17.1. The van der Waals surface area contributed by atoms with Crippen LogP contribution >= 0.6 is 0 Å². The molecule has 2 N–H and O–H groups in total. The summed E-state index contributed by atoms with van der Waals surface area (Å²) >= 11 is 0. The fourth-order valence-electron chi connectivity index (χ4n) is 1.56. The number of hydrogen-bond acceptors (Lipinski definition) is 6. The summed E-state index contributed by atoms with van der Waals surface area (Å²) in [7, 11) is 3.00. The van der Waals surface area contributed by atoms with Crippen molar-refractivity contribution in [3.63, 3.8) is 0 Å². The number of hydrogen-bond donors (Lipinski definition) is 2. The molecular formula is C15H20N2O6. The molecule has 0 unspecified atom stereocenters. The van der Waals surface area contributed by atoms with E-state index >= 15 is 0 Å². The fourth-order valence-corrected chi connectivity index (χ4v) is 1.56. The molecule has 0 aliphatic carbocycles. The van der Waals surface area contributed by atoms with Crippen LogP contribution < -0.4 is 15.4 Å². The van der Waals surface area contributed by atoms with Gasteiger partial charge in [0.25, 0.3) is 11.8 Å². The van der Waals surface area contributed by atoms with Gasteiger partial charge in [-0.25, -0.2) is 0 Å². The Labute approximate surface area is 134 Å². The highest BCUT2D eigenvalue weighted by Gasteiger charge is 2.11. The van der Waals surface area contributed by atoms with Crippen molar-refractivity contribution in [2.24, 2.45) is 0 Å². The van der Waals surface area contributed by atoms with E-state index in [0.717, 1.165) is 0 Å². The number of benzene rings is 1. The first-order valence-corrected chi connectivity index (χ1v) is 6.90. The highest BCUT2D eigenvalue weighted by atomic mass is 16.5. The van der Waals surface area contributed by atoms with E-state index in [1.165, 1.54) is 14.2 Å². The van der Waals surface area contributed by atoms with Crippen molar-refractivity contribution in [1.29, 1.82) is 0 Å². The number of carbonyl (C=O) groups is 3. The molecule has 0 atom stereocenters. The van der Waals surface area contributed by atoms with Crippen LogP contribution in [0.5, 0.6) is 5.75 Å². The smallest absolute Gasteiger partial charge is 0.325 e. The van der Waals surface area contributed by atoms with Crippen LogP contribution in [-0.2, 0) is 19.1 Å². The van der Waals surface area contributed by atoms with Crippen LogP contribution in [0, 0.1) is 0 Å². The first-order chi connectivity index (χ1) is 11.1. The van der Waals surface area contributed by atoms with Crippen LogP contribution in [0.4, 0.5) is 0 Å². The third kappa shape index (κ3) is 7.28. The number of nitrogens with one attached hydrogen (secondary N) is 2. The Hall–Kier alpha value is -2.61. The van der Waals surface area contributed by atoms with Crippen molar-refractivity contribution in [3.8, 4) is 5.75 Å². The number of esters is 1. The first kappa shape index (κ1) is 18.4. The lowest BCUT2D eigenvalue weighted by atomic mass is 10.2. The average Bonchev–Trinajstić information content (AvgIpc) is 2.58. The Balaban J connectivity index is 2.29. The second-order valence-corrected chi connectivity index (χ2v) is 4.42. The van der Waals surface area contributed by atoms with Crippen molar-refractivity contribution in [2.45, 2.75) is 0 Å². The molecule has 8 heteroatoms. The van der Waals surface area contributed by atoms with E-state index in [0.29, 0.717) is 24.5 Å². The molecule has 8 nitrogen and oxygen atoms in total. The van der Waals surface area contributed by atoms with Gasteiger partial charge in [-0.1, -0.05) is 6.07 Å². The second kappa shape index (κ2) is 10.2. The van der Waals surface area contributed by atoms with Gasteiger partial charge in [0.1, 0.15) is 12.3 Å². The van der Waals surface area contributed by atoms with Crippen LogP contribution in [0.25, 0.3) is 0 Å². The zero-order valence-corrected chi connectivity index (χ0v) is 13.1. The van der Waals surface area contributed by atoms with Crippen LogP contribution in [0.15, 0.2) is 24.3 Å². The van der Waals surface area contributed by atoms with Crippen LogP contribution in [0.1, 0.15) is 10.4 Å². The van der Waals surface area contributed by atoms with Gasteiger partial charge in [-0.15, -0.1) is 0 Å². The standard InChI is InChI=1S/C15H20N2O6/c1-21-7-6-16-13(18)10-23-14(19)9-17-15(20)11-4-3-5-12(8-11)22-2/h3-5,8H,6-7,9-10H2,1-2H3,(H,16,18)(H,17,20). The van der Waals surface area contributed by atoms with Gasteiger partial charge in [0.2, 0.25) is 0 Å². The maximum absolute atomic E-state index is 11.9. The van der Waals surface area contributed by atoms with E-state index in [4.69, 9.17) is 14.2 Å². The molecule has 0 aliphatic heterocycles. The van der Waals surface area contributed by atoms with Gasteiger partial charge in [0.15, 0.2) is 6.61 Å². The number of ether oxygens (including phenoxy) is 3. The topological polar surface area (TPSA) is 103 Å². The summed E-state index contributed by atoms with van der Waals surface area (Å²) in [6, 6.07) is 6.50. The summed E-state index contributed by atoms with van der Waals surface area (Å²) < 4.78 is 14.5. The van der Waals surface area contributed by atoms with Gasteiger partial charge in [0.05, 0.1) is 13.7 Å². The van der Waals surface area contributed by atoms with Gasteiger partial charge in [-0.3, -0.25) is 14.4 Å². The minimum Gasteiger partial charge on any atom is -0.497 e. The lowest BCUT2D eigenvalue weighted by Crippen LogP contribution is -2.34. The number of carbonyl (C=O) groups excluding carboxylic acids is 3. The molecule has 0 radical (unpaired) electrons. The third-order valence-electron chi connectivity index (χ3n) is 2.72. The van der Waals surface area contributed by atoms with E-state index in [9.17, 15) is 14.4 Å². The largest absolute Gasteiger partial charge is 0.497 e. The summed E-state index contributed by atoms with van der Waals surface area (Å²) in [6.07, 6.45) is 0. The second-order valence-electron chi connectivity index (χ2n) is 4.42. The summed E-state index contributed by atoms with van der Waals surface area (Å²) in [4.78, 5) is 34.6. The van der Waals surface area contributed by atoms with Crippen molar-refractivity contribution >= 4 is 17.8 Å². The quantitative estimate of drug-likeness (QED) is 0.479. The average molecular weight is 324 g/mol. The van der Waals surface area contributed by atoms with Crippen molar-refractivity contribution in [2.75, 3.05) is 40.5 Å². The Kier molecular flexibility index (Phi) is 8.16. The van der Waals surface area contributed by atoms with Gasteiger partial charge in [0, 0.05) is 19.2 Å². The molecule has 0 aromatic heterocycles. The van der Waals surface area contributed by atoms with E-state index < -0.39 is 24.4 Å². The molecule has 0 heterocycles. The van der Waals surface area contributed by atoms with Gasteiger partial charge in [-0.2, -0.15) is 0 Å². The Bertz CT molecular complexity index is 547. The maximum atomic E-state index is 11.9. The fraction of sp³-hybridized carbons (Fsp3) is 0.400. The minimum atomic E-state index is -0.705. The van der Waals surface area contributed by atoms with E-state index in [1.54, 1.807) is 24.3 Å². The molecule has 0 bridgehead atoms. The van der Waals surface area contributed by atoms with Gasteiger partial charge >= 0.3 is 5.97 Å². The van der Waals surface area contributed by atoms with E-state index in [-0.39, 0.29) is 6.54 Å². The molecule has 0 spiro atoms. The maximum Gasteiger partial charge on any atom is 0.325 e. The van der Waals surface area contributed by atoms with Crippen LogP contribution in [0.2, 0.25) is 0 Å². The molecule has 1 aromatic rings. The predicted molar refractivity (Wildman–Crippen MR) is 81.2 cm³/mol. The molecule has 2 amide bonds. The Morgan fingerprint density at radius 2 is 1.91 bits per heavy atom. The zero-order valence-electron chi connectivity index (χ0n) is 13.1. The molecule has 0 saturated carbocycles. The molecule has 0 fully saturated rings. The highest BCUT2D eigenvalue weighted by Crippen LogP contribution is 2.12. The van der Waals surface area contributed by atoms with E-state index in [2.05, 4.69) is 10.6 Å². The minimum absolute atomic E-state index is 0.332. The number of methoxy groups -OCH3 is 2. The SMILES string of the molecule is COCCNC(=O)COC(=O)CNC(=O)c1cccc(OC)c1. The van der Waals surface area contributed by atoms with Crippen LogP contribution in [0.3, 0.4) is 0 Å². The molecule has 1 rings (SSSR count). The predicted octanol–water partition coefficient (Wildman–Crippen LogP) is -0.269. The highest BCUT2D eigenvalue weighted by molar-refractivity contribution is 5.96. The normalized spacial score (nSPS) is 9.83. The monoisotopic (exact) mass is 324 g/mol. The van der Waals surface area contributed by atoms with Gasteiger partial charge < -0.3 is 24.8 Å². The molecule has 23 heavy (non-hydrogen) atoms. The van der Waals surface area contributed by atoms with Crippen LogP contribution in [-0.4, -0.2) is 58.3 Å². The molecular weight excluding hydrogens is 304 g/mol. The number of rotatable bonds is 9. The van der Waals surface area contributed by atoms with Gasteiger partial charge in [-0.05, 0) is 18.2 Å². The van der Waals surface area contributed by atoms with E-state index in [1.807, 2.05) is 0 Å². The Morgan fingerprint density at radius 1 is 1.13 bits per heavy atom. The number of amides is 2. The summed E-state index contributed by atoms with van der Waals surface area (Å²) in [5.74, 6) is -1.05. The van der Waals surface area contributed by atoms with Crippen molar-refractivity contribution in [3.05, 3.63) is 29.8 Å². The lowest BCUT2D eigenvalue weighted by Gasteiger charge is -2.08.